The fourth-order valence-corrected chi connectivity index (χ4v) is 3.67. The van der Waals surface area contributed by atoms with Crippen molar-refractivity contribution in [2.45, 2.75) is 32.0 Å². The predicted octanol–water partition coefficient (Wildman–Crippen LogP) is 2.98. The SMILES string of the molecule is CSc1nc2nc(C)c(CC(=O)N=c3ccccn3Cc3ccccc3)c(C)n2n1. The van der Waals surface area contributed by atoms with Crippen molar-refractivity contribution in [1.82, 2.24) is 24.1 Å². The number of aromatic nitrogens is 5. The van der Waals surface area contributed by atoms with Gasteiger partial charge in [0.25, 0.3) is 11.7 Å². The van der Waals surface area contributed by atoms with Crippen molar-refractivity contribution in [3.05, 3.63) is 82.7 Å². The average molecular weight is 419 g/mol. The Morgan fingerprint density at radius 2 is 1.83 bits per heavy atom. The minimum atomic E-state index is -0.222. The van der Waals surface area contributed by atoms with Gasteiger partial charge in [-0.05, 0) is 37.8 Å². The molecule has 4 aromatic rings. The summed E-state index contributed by atoms with van der Waals surface area (Å²) in [7, 11) is 0. The number of aryl methyl sites for hydroxylation is 2. The largest absolute Gasteiger partial charge is 0.328 e. The molecule has 0 spiro atoms. The van der Waals surface area contributed by atoms with Crippen molar-refractivity contribution >= 4 is 23.4 Å². The highest BCUT2D eigenvalue weighted by Crippen LogP contribution is 2.17. The van der Waals surface area contributed by atoms with Crippen molar-refractivity contribution in [2.75, 3.05) is 6.26 Å². The van der Waals surface area contributed by atoms with E-state index in [2.05, 4.69) is 32.2 Å². The first kappa shape index (κ1) is 20.0. The zero-order valence-electron chi connectivity index (χ0n) is 17.1. The number of carbonyl (C=O) groups is 1. The van der Waals surface area contributed by atoms with Gasteiger partial charge in [0.05, 0.1) is 6.42 Å². The van der Waals surface area contributed by atoms with Crippen LogP contribution in [0.25, 0.3) is 5.78 Å². The molecule has 1 amide bonds. The molecule has 0 unspecified atom stereocenters. The first-order chi connectivity index (χ1) is 14.5. The Balaban J connectivity index is 1.65. The number of thioether (sulfide) groups is 1. The van der Waals surface area contributed by atoms with Gasteiger partial charge in [-0.1, -0.05) is 48.2 Å². The maximum Gasteiger partial charge on any atom is 0.253 e. The number of amides is 1. The van der Waals surface area contributed by atoms with Crippen molar-refractivity contribution in [2.24, 2.45) is 4.99 Å². The van der Waals surface area contributed by atoms with Crippen LogP contribution in [0, 0.1) is 13.8 Å². The molecule has 0 saturated carbocycles. The Hall–Kier alpha value is -3.26. The highest BCUT2D eigenvalue weighted by Gasteiger charge is 2.15. The quantitative estimate of drug-likeness (QED) is 0.466. The van der Waals surface area contributed by atoms with Gasteiger partial charge in [-0.3, -0.25) is 4.79 Å². The molecule has 152 valence electrons. The van der Waals surface area contributed by atoms with E-state index in [4.69, 9.17) is 0 Å². The summed E-state index contributed by atoms with van der Waals surface area (Å²) in [5, 5.41) is 5.10. The Kier molecular flexibility index (Phi) is 5.76. The molecule has 7 nitrogen and oxygen atoms in total. The zero-order valence-corrected chi connectivity index (χ0v) is 17.9. The van der Waals surface area contributed by atoms with Crippen molar-refractivity contribution in [3.63, 3.8) is 0 Å². The number of fused-ring (bicyclic) bond motifs is 1. The lowest BCUT2D eigenvalue weighted by Gasteiger charge is -2.09. The highest BCUT2D eigenvalue weighted by molar-refractivity contribution is 7.98. The van der Waals surface area contributed by atoms with Gasteiger partial charge in [-0.15, -0.1) is 5.10 Å². The van der Waals surface area contributed by atoms with E-state index in [-0.39, 0.29) is 12.3 Å². The minimum absolute atomic E-state index is 0.162. The van der Waals surface area contributed by atoms with Crippen molar-refractivity contribution < 1.29 is 4.79 Å². The molecule has 0 atom stereocenters. The topological polar surface area (TPSA) is 77.4 Å². The Bertz CT molecular complexity index is 1280. The number of rotatable bonds is 5. The summed E-state index contributed by atoms with van der Waals surface area (Å²) in [5.74, 6) is 0.326. The lowest BCUT2D eigenvalue weighted by atomic mass is 10.1. The molecule has 3 aromatic heterocycles. The molecule has 0 radical (unpaired) electrons. The molecule has 1 aromatic carbocycles. The maximum absolute atomic E-state index is 12.8. The number of carbonyl (C=O) groups excluding carboxylic acids is 1. The molecular weight excluding hydrogens is 396 g/mol. The van der Waals surface area contributed by atoms with E-state index < -0.39 is 0 Å². The average Bonchev–Trinajstić information content (AvgIpc) is 3.16. The highest BCUT2D eigenvalue weighted by atomic mass is 32.2. The lowest BCUT2D eigenvalue weighted by molar-refractivity contribution is -0.117. The fraction of sp³-hybridized carbons (Fsp3) is 0.227. The van der Waals surface area contributed by atoms with Crippen molar-refractivity contribution in [3.8, 4) is 0 Å². The number of hydrogen-bond acceptors (Lipinski definition) is 5. The second-order valence-corrected chi connectivity index (χ2v) is 7.70. The van der Waals surface area contributed by atoms with Crippen LogP contribution in [0.3, 0.4) is 0 Å². The minimum Gasteiger partial charge on any atom is -0.328 e. The maximum atomic E-state index is 12.8. The zero-order chi connectivity index (χ0) is 21.1. The smallest absolute Gasteiger partial charge is 0.253 e. The van der Waals surface area contributed by atoms with Crippen LogP contribution < -0.4 is 5.49 Å². The van der Waals surface area contributed by atoms with Crippen LogP contribution in [0.15, 0.2) is 64.9 Å². The molecule has 0 N–H and O–H groups in total. The fourth-order valence-electron chi connectivity index (χ4n) is 3.33. The summed E-state index contributed by atoms with van der Waals surface area (Å²) >= 11 is 1.46. The first-order valence-electron chi connectivity index (χ1n) is 9.59. The van der Waals surface area contributed by atoms with Crippen LogP contribution in [0.1, 0.15) is 22.5 Å². The Morgan fingerprint density at radius 3 is 2.60 bits per heavy atom. The van der Waals surface area contributed by atoms with Gasteiger partial charge < -0.3 is 4.57 Å². The molecule has 30 heavy (non-hydrogen) atoms. The summed E-state index contributed by atoms with van der Waals surface area (Å²) in [6, 6.07) is 15.8. The summed E-state index contributed by atoms with van der Waals surface area (Å²) in [6.07, 6.45) is 4.02. The van der Waals surface area contributed by atoms with Crippen LogP contribution in [-0.4, -0.2) is 36.3 Å². The molecular formula is C22H22N6OS. The molecule has 0 aliphatic rings. The van der Waals surface area contributed by atoms with E-state index in [1.807, 2.05) is 67.3 Å². The summed E-state index contributed by atoms with van der Waals surface area (Å²) in [6.45, 7) is 4.47. The third kappa shape index (κ3) is 4.18. The summed E-state index contributed by atoms with van der Waals surface area (Å²) in [4.78, 5) is 26.1. The molecule has 4 rings (SSSR count). The molecule has 8 heteroatoms. The van der Waals surface area contributed by atoms with E-state index in [0.717, 1.165) is 22.5 Å². The number of pyridine rings is 1. The first-order valence-corrected chi connectivity index (χ1v) is 10.8. The van der Waals surface area contributed by atoms with Crippen LogP contribution in [0.2, 0.25) is 0 Å². The molecule has 0 aliphatic carbocycles. The van der Waals surface area contributed by atoms with Crippen molar-refractivity contribution in [1.29, 1.82) is 0 Å². The van der Waals surface area contributed by atoms with Gasteiger partial charge in [-0.2, -0.15) is 9.98 Å². The van der Waals surface area contributed by atoms with E-state index >= 15 is 0 Å². The van der Waals surface area contributed by atoms with Gasteiger partial charge in [-0.25, -0.2) is 9.50 Å². The third-order valence-electron chi connectivity index (χ3n) is 4.89. The van der Waals surface area contributed by atoms with E-state index in [9.17, 15) is 4.79 Å². The van der Waals surface area contributed by atoms with Gasteiger partial charge in [0.1, 0.15) is 5.49 Å². The van der Waals surface area contributed by atoms with Gasteiger partial charge in [0.2, 0.25) is 5.16 Å². The van der Waals surface area contributed by atoms with E-state index in [1.54, 1.807) is 4.52 Å². The monoisotopic (exact) mass is 418 g/mol. The van der Waals surface area contributed by atoms with Gasteiger partial charge in [0.15, 0.2) is 0 Å². The Morgan fingerprint density at radius 1 is 1.07 bits per heavy atom. The lowest BCUT2D eigenvalue weighted by Crippen LogP contribution is -2.23. The van der Waals surface area contributed by atoms with Crippen LogP contribution in [-0.2, 0) is 17.8 Å². The third-order valence-corrected chi connectivity index (χ3v) is 5.43. The number of benzene rings is 1. The summed E-state index contributed by atoms with van der Waals surface area (Å²) in [5.41, 5.74) is 4.24. The van der Waals surface area contributed by atoms with E-state index in [1.165, 1.54) is 11.8 Å². The predicted molar refractivity (Wildman–Crippen MR) is 116 cm³/mol. The van der Waals surface area contributed by atoms with Crippen LogP contribution in [0.5, 0.6) is 0 Å². The molecule has 0 aliphatic heterocycles. The standard InChI is InChI=1S/C22H22N6OS/c1-15-18(16(2)28-21(23-15)25-22(26-28)30-3)13-20(29)24-19-11-7-8-12-27(19)14-17-9-5-4-6-10-17/h4-12H,13-14H2,1-3H3. The molecule has 3 heterocycles. The number of hydrogen-bond donors (Lipinski definition) is 0. The molecule has 0 bridgehead atoms. The Labute approximate surface area is 178 Å². The van der Waals surface area contributed by atoms with Gasteiger partial charge in [0, 0.05) is 29.7 Å². The molecule has 0 fully saturated rings. The normalized spacial score (nSPS) is 11.9. The number of nitrogens with zero attached hydrogens (tertiary/aromatic N) is 6. The van der Waals surface area contributed by atoms with Gasteiger partial charge >= 0.3 is 0 Å². The summed E-state index contributed by atoms with van der Waals surface area (Å²) < 4.78 is 3.66. The van der Waals surface area contributed by atoms with Crippen LogP contribution >= 0.6 is 11.8 Å². The second kappa shape index (κ2) is 8.62. The van der Waals surface area contributed by atoms with Crippen LogP contribution in [0.4, 0.5) is 0 Å². The second-order valence-electron chi connectivity index (χ2n) is 6.93. The molecule has 0 saturated heterocycles. The van der Waals surface area contributed by atoms with E-state index in [0.29, 0.717) is 23.0 Å².